The van der Waals surface area contributed by atoms with Gasteiger partial charge in [0.25, 0.3) is 0 Å². The quantitative estimate of drug-likeness (QED) is 0.105. The number of nitrogens with one attached hydrogen (secondary N) is 1. The number of piperidine rings is 3. The number of benzene rings is 3. The molecule has 0 spiro atoms. The number of esters is 2. The third kappa shape index (κ3) is 10.0. The lowest BCUT2D eigenvalue weighted by Gasteiger charge is -2.44. The van der Waals surface area contributed by atoms with E-state index >= 15 is 0 Å². The number of fused-ring (bicyclic) bond motifs is 3. The fourth-order valence-electron chi connectivity index (χ4n) is 7.16. The average Bonchev–Trinajstić information content (AvgIpc) is 4.05. The number of sulfonamides is 1. The van der Waals surface area contributed by atoms with Crippen molar-refractivity contribution in [1.29, 1.82) is 0 Å². The molecule has 17 heteroatoms. The Morgan fingerprint density at radius 3 is 2.26 bits per heavy atom. The Hall–Kier alpha value is -4.54. The lowest BCUT2D eigenvalue weighted by molar-refractivity contribution is -0.161. The van der Waals surface area contributed by atoms with Crippen LogP contribution in [0.1, 0.15) is 64.9 Å². The van der Waals surface area contributed by atoms with Crippen LogP contribution in [0.3, 0.4) is 0 Å². The van der Waals surface area contributed by atoms with Crippen LogP contribution in [0.4, 0.5) is 8.78 Å². The molecule has 308 valence electrons. The molecule has 8 rings (SSSR count). The third-order valence-electron chi connectivity index (χ3n) is 10.5. The van der Waals surface area contributed by atoms with Gasteiger partial charge in [0.15, 0.2) is 11.5 Å². The molecule has 3 saturated heterocycles. The maximum atomic E-state index is 14.2. The van der Waals surface area contributed by atoms with E-state index in [0.717, 1.165) is 44.8 Å². The normalized spacial score (nSPS) is 19.9. The average molecular weight is 861 g/mol. The molecule has 1 unspecified atom stereocenters. The first-order valence-electron chi connectivity index (χ1n) is 18.8. The molecule has 0 radical (unpaired) electrons. The van der Waals surface area contributed by atoms with E-state index in [9.17, 15) is 26.8 Å². The maximum absolute atomic E-state index is 14.2. The molecule has 1 N–H and O–H groups in total. The second kappa shape index (κ2) is 18.2. The van der Waals surface area contributed by atoms with Crippen LogP contribution in [0.2, 0.25) is 10.0 Å². The number of hydrogen-bond donors (Lipinski definition) is 1. The fourth-order valence-corrected chi connectivity index (χ4v) is 8.88. The molecule has 3 aromatic carbocycles. The van der Waals surface area contributed by atoms with Crippen LogP contribution < -0.4 is 18.9 Å². The van der Waals surface area contributed by atoms with Gasteiger partial charge in [-0.25, -0.2) is 18.0 Å². The van der Waals surface area contributed by atoms with Gasteiger partial charge in [0.2, 0.25) is 10.0 Å². The smallest absolute Gasteiger partial charge is 0.387 e. The van der Waals surface area contributed by atoms with E-state index in [1.165, 1.54) is 49.8 Å². The molecule has 4 heterocycles. The zero-order chi connectivity index (χ0) is 41.0. The predicted octanol–water partition coefficient (Wildman–Crippen LogP) is 7.59. The number of alkyl halides is 2. The number of nitrogens with zero attached hydrogens (tertiary/aromatic N) is 2. The molecule has 4 fully saturated rings. The van der Waals surface area contributed by atoms with Crippen LogP contribution in [0.15, 0.2) is 84.0 Å². The molecule has 0 amide bonds. The molecular weight excluding hydrogens is 819 g/mol. The largest absolute Gasteiger partial charge is 0.496 e. The molecule has 58 heavy (non-hydrogen) atoms. The molecule has 12 nitrogen and oxygen atoms in total. The summed E-state index contributed by atoms with van der Waals surface area (Å²) >= 11 is 12.9. The van der Waals surface area contributed by atoms with Crippen molar-refractivity contribution >= 4 is 45.2 Å². The van der Waals surface area contributed by atoms with Gasteiger partial charge in [-0.3, -0.25) is 9.88 Å². The molecule has 4 aromatic rings. The van der Waals surface area contributed by atoms with Crippen molar-refractivity contribution in [3.05, 3.63) is 111 Å². The van der Waals surface area contributed by atoms with Crippen molar-refractivity contribution in [3.8, 4) is 17.2 Å². The number of carbonyl (C=O) groups is 2. The van der Waals surface area contributed by atoms with Crippen molar-refractivity contribution in [2.45, 2.75) is 61.9 Å². The van der Waals surface area contributed by atoms with E-state index in [1.54, 1.807) is 30.3 Å². The summed E-state index contributed by atoms with van der Waals surface area (Å²) in [4.78, 5) is 33.8. The van der Waals surface area contributed by atoms with Crippen molar-refractivity contribution in [2.24, 2.45) is 11.8 Å². The van der Waals surface area contributed by atoms with E-state index in [2.05, 4.69) is 14.6 Å². The second-order valence-electron chi connectivity index (χ2n) is 14.5. The molecule has 3 aliphatic heterocycles. The van der Waals surface area contributed by atoms with Gasteiger partial charge in [0.1, 0.15) is 29.6 Å². The Bertz CT molecular complexity index is 2210. The SMILES string of the molecule is COc1ccc(S(=O)(=O)NC(C(=O)O[C@H]2CN3CCC2CC3)c2ccccc2)cc1C(=O)O[C@@H](Cc1c(Cl)cncc1Cl)c1ccc(OC(F)F)c(OCC2CC2)c1. The number of pyridine rings is 1. The van der Waals surface area contributed by atoms with Gasteiger partial charge in [-0.15, -0.1) is 0 Å². The van der Waals surface area contributed by atoms with Gasteiger partial charge < -0.3 is 23.7 Å². The zero-order valence-corrected chi connectivity index (χ0v) is 33.7. The summed E-state index contributed by atoms with van der Waals surface area (Å²) in [7, 11) is -3.21. The summed E-state index contributed by atoms with van der Waals surface area (Å²) in [5, 5.41) is 0.348. The Labute approximate surface area is 344 Å². The standard InChI is InChI=1S/C41H41Cl2F2N3O9S/c1-53-33-12-10-28(58(51,52)47-38(26-5-3-2-4-6-26)40(50)56-37-22-48-15-13-25(37)14-16-48)18-30(33)39(49)55-35(19-29-31(42)20-46-21-32(29)43)27-9-11-34(57-41(44)45)36(17-27)54-23-24-7-8-24/h2-6,9-12,17-18,20-21,24-25,35,37-38,41,47H,7-8,13-16,19,22-23H2,1H3/t35-,37-,38?/m0/s1. The number of aromatic nitrogens is 1. The molecule has 1 saturated carbocycles. The molecule has 2 bridgehead atoms. The van der Waals surface area contributed by atoms with E-state index < -0.39 is 40.7 Å². The summed E-state index contributed by atoms with van der Waals surface area (Å²) < 4.78 is 85.5. The van der Waals surface area contributed by atoms with Gasteiger partial charge >= 0.3 is 18.6 Å². The van der Waals surface area contributed by atoms with Crippen LogP contribution in [0.25, 0.3) is 0 Å². The number of ether oxygens (including phenoxy) is 5. The van der Waals surface area contributed by atoms with Crippen LogP contribution in [-0.4, -0.2) is 76.3 Å². The van der Waals surface area contributed by atoms with E-state index in [0.29, 0.717) is 23.2 Å². The number of carbonyl (C=O) groups excluding carboxylic acids is 2. The summed E-state index contributed by atoms with van der Waals surface area (Å²) in [5.74, 6) is -1.50. The van der Waals surface area contributed by atoms with Crippen molar-refractivity contribution in [3.63, 3.8) is 0 Å². The van der Waals surface area contributed by atoms with Gasteiger partial charge in [0, 0.05) is 25.4 Å². The molecule has 1 aromatic heterocycles. The summed E-state index contributed by atoms with van der Waals surface area (Å²) in [6, 6.07) is 14.7. The Morgan fingerprint density at radius 1 is 0.914 bits per heavy atom. The highest BCUT2D eigenvalue weighted by atomic mass is 35.5. The van der Waals surface area contributed by atoms with Gasteiger partial charge in [-0.1, -0.05) is 59.6 Å². The predicted molar refractivity (Wildman–Crippen MR) is 209 cm³/mol. The molecule has 3 atom stereocenters. The van der Waals surface area contributed by atoms with E-state index in [1.807, 2.05) is 0 Å². The second-order valence-corrected chi connectivity index (χ2v) is 17.0. The third-order valence-corrected chi connectivity index (χ3v) is 12.6. The highest BCUT2D eigenvalue weighted by Gasteiger charge is 2.39. The minimum Gasteiger partial charge on any atom is -0.496 e. The molecule has 1 aliphatic carbocycles. The first-order chi connectivity index (χ1) is 27.9. The summed E-state index contributed by atoms with van der Waals surface area (Å²) in [5.41, 5.74) is 0.777. The first-order valence-corrected chi connectivity index (χ1v) is 21.0. The van der Waals surface area contributed by atoms with Crippen molar-refractivity contribution in [2.75, 3.05) is 33.4 Å². The highest BCUT2D eigenvalue weighted by Crippen LogP contribution is 2.39. The summed E-state index contributed by atoms with van der Waals surface area (Å²) in [6.07, 6.45) is 4.73. The number of methoxy groups -OCH3 is 1. The van der Waals surface area contributed by atoms with E-state index in [-0.39, 0.29) is 68.7 Å². The zero-order valence-electron chi connectivity index (χ0n) is 31.3. The van der Waals surface area contributed by atoms with Crippen LogP contribution in [0, 0.1) is 11.8 Å². The lowest BCUT2D eigenvalue weighted by Crippen LogP contribution is -2.52. The topological polar surface area (TPSA) is 143 Å². The van der Waals surface area contributed by atoms with E-state index in [4.69, 9.17) is 46.9 Å². The Balaban J connectivity index is 1.18. The molecular formula is C41H41Cl2F2N3O9S. The number of rotatable bonds is 17. The first kappa shape index (κ1) is 41.6. The Morgan fingerprint density at radius 2 is 1.62 bits per heavy atom. The van der Waals surface area contributed by atoms with Crippen LogP contribution >= 0.6 is 23.2 Å². The highest BCUT2D eigenvalue weighted by molar-refractivity contribution is 7.89. The minimum atomic E-state index is -4.51. The Kier molecular flexibility index (Phi) is 13.0. The van der Waals surface area contributed by atoms with Gasteiger partial charge in [-0.05, 0) is 97.6 Å². The number of hydrogen-bond acceptors (Lipinski definition) is 11. The van der Waals surface area contributed by atoms with Gasteiger partial charge in [0.05, 0.1) is 28.7 Å². The minimum absolute atomic E-state index is 0.00872. The maximum Gasteiger partial charge on any atom is 0.387 e. The lowest BCUT2D eigenvalue weighted by atomic mass is 9.86. The number of halogens is 4. The van der Waals surface area contributed by atoms with Gasteiger partial charge in [-0.2, -0.15) is 13.5 Å². The fraction of sp³-hybridized carbons (Fsp3) is 0.390. The van der Waals surface area contributed by atoms with Crippen LogP contribution in [-0.2, 0) is 30.7 Å². The monoisotopic (exact) mass is 859 g/mol. The van der Waals surface area contributed by atoms with Crippen molar-refractivity contribution in [1.82, 2.24) is 14.6 Å². The molecule has 4 aliphatic rings. The van der Waals surface area contributed by atoms with Crippen LogP contribution in [0.5, 0.6) is 17.2 Å². The van der Waals surface area contributed by atoms with Crippen molar-refractivity contribution < 1.29 is 50.5 Å². The summed E-state index contributed by atoms with van der Waals surface area (Å²) in [6.45, 7) is -0.413.